The van der Waals surface area contributed by atoms with Crippen LogP contribution in [-0.2, 0) is 17.1 Å². The molecule has 1 rings (SSSR count). The number of rotatable bonds is 3. The molecule has 1 aromatic heterocycles. The van der Waals surface area contributed by atoms with Crippen molar-refractivity contribution in [3.05, 3.63) is 12.2 Å². The lowest BCUT2D eigenvalue weighted by atomic mass is 10.6. The molecule has 0 bridgehead atoms. The lowest BCUT2D eigenvalue weighted by Gasteiger charge is -1.98. The van der Waals surface area contributed by atoms with Crippen molar-refractivity contribution in [3.8, 4) is 0 Å². The van der Waals surface area contributed by atoms with Gasteiger partial charge in [0.1, 0.15) is 18.7 Å². The Hall–Kier alpha value is -1.04. The van der Waals surface area contributed by atoms with E-state index in [1.54, 1.807) is 0 Å². The standard InChI is InChI=1S/C5H7N3O2S/c9-5(10)1-8-3-6-7-4(8)2-11/h3,11H,1-2H2,(H,9,10). The highest BCUT2D eigenvalue weighted by Gasteiger charge is 2.04. The van der Waals surface area contributed by atoms with Gasteiger partial charge in [0.25, 0.3) is 0 Å². The fourth-order valence-electron chi connectivity index (χ4n) is 0.679. The molecule has 0 aromatic carbocycles. The van der Waals surface area contributed by atoms with Crippen molar-refractivity contribution in [1.29, 1.82) is 0 Å². The number of carbonyl (C=O) groups is 1. The summed E-state index contributed by atoms with van der Waals surface area (Å²) in [7, 11) is 0. The number of nitrogens with zero attached hydrogens (tertiary/aromatic N) is 3. The normalized spacial score (nSPS) is 9.91. The Morgan fingerprint density at radius 1 is 1.82 bits per heavy atom. The molecule has 0 unspecified atom stereocenters. The fourth-order valence-corrected chi connectivity index (χ4v) is 0.924. The lowest BCUT2D eigenvalue weighted by molar-refractivity contribution is -0.137. The minimum atomic E-state index is -0.909. The monoisotopic (exact) mass is 173 g/mol. The molecule has 5 nitrogen and oxygen atoms in total. The summed E-state index contributed by atoms with van der Waals surface area (Å²) < 4.78 is 1.44. The van der Waals surface area contributed by atoms with Crippen LogP contribution >= 0.6 is 12.6 Å². The number of carboxylic acids is 1. The summed E-state index contributed by atoms with van der Waals surface area (Å²) in [6.45, 7) is -0.108. The summed E-state index contributed by atoms with van der Waals surface area (Å²) >= 11 is 3.95. The van der Waals surface area contributed by atoms with Gasteiger partial charge < -0.3 is 9.67 Å². The van der Waals surface area contributed by atoms with E-state index in [4.69, 9.17) is 5.11 Å². The first-order chi connectivity index (χ1) is 5.24. The van der Waals surface area contributed by atoms with Crippen LogP contribution in [0, 0.1) is 0 Å². The maximum Gasteiger partial charge on any atom is 0.323 e. The average Bonchev–Trinajstić information content (AvgIpc) is 2.34. The topological polar surface area (TPSA) is 68.0 Å². The molecule has 6 heteroatoms. The molecule has 1 N–H and O–H groups in total. The van der Waals surface area contributed by atoms with E-state index in [-0.39, 0.29) is 6.54 Å². The number of hydrogen-bond acceptors (Lipinski definition) is 4. The maximum atomic E-state index is 10.2. The van der Waals surface area contributed by atoms with Crippen LogP contribution in [0.4, 0.5) is 0 Å². The molecular formula is C5H7N3O2S. The number of hydrogen-bond donors (Lipinski definition) is 2. The van der Waals surface area contributed by atoms with Crippen LogP contribution < -0.4 is 0 Å². The van der Waals surface area contributed by atoms with Gasteiger partial charge in [0.15, 0.2) is 0 Å². The van der Waals surface area contributed by atoms with Crippen LogP contribution in [-0.4, -0.2) is 25.8 Å². The third-order valence-electron chi connectivity index (χ3n) is 1.14. The van der Waals surface area contributed by atoms with E-state index < -0.39 is 5.97 Å². The van der Waals surface area contributed by atoms with Gasteiger partial charge in [0.2, 0.25) is 0 Å². The summed E-state index contributed by atoms with van der Waals surface area (Å²) in [6, 6.07) is 0. The van der Waals surface area contributed by atoms with Gasteiger partial charge in [-0.25, -0.2) is 0 Å². The zero-order chi connectivity index (χ0) is 8.27. The molecule has 0 fully saturated rings. The quantitative estimate of drug-likeness (QED) is 0.621. The van der Waals surface area contributed by atoms with Gasteiger partial charge in [-0.15, -0.1) is 10.2 Å². The Bertz CT molecular complexity index is 260. The molecule has 0 aliphatic rings. The van der Waals surface area contributed by atoms with E-state index in [1.807, 2.05) is 0 Å². The van der Waals surface area contributed by atoms with Crippen LogP contribution in [0.15, 0.2) is 6.33 Å². The highest BCUT2D eigenvalue weighted by atomic mass is 32.1. The zero-order valence-electron chi connectivity index (χ0n) is 5.64. The third-order valence-corrected chi connectivity index (χ3v) is 1.43. The Balaban J connectivity index is 2.76. The first-order valence-electron chi connectivity index (χ1n) is 2.93. The second kappa shape index (κ2) is 3.38. The van der Waals surface area contributed by atoms with Gasteiger partial charge in [-0.1, -0.05) is 0 Å². The Labute approximate surface area is 68.5 Å². The Morgan fingerprint density at radius 3 is 3.09 bits per heavy atom. The molecule has 1 heterocycles. The molecule has 0 saturated carbocycles. The van der Waals surface area contributed by atoms with Crippen LogP contribution in [0.1, 0.15) is 5.82 Å². The van der Waals surface area contributed by atoms with Gasteiger partial charge in [-0.3, -0.25) is 4.79 Å². The van der Waals surface area contributed by atoms with Gasteiger partial charge in [0, 0.05) is 0 Å². The molecule has 11 heavy (non-hydrogen) atoms. The molecule has 0 spiro atoms. The van der Waals surface area contributed by atoms with Gasteiger partial charge in [-0.05, 0) is 0 Å². The first kappa shape index (κ1) is 8.06. The van der Waals surface area contributed by atoms with E-state index in [0.29, 0.717) is 11.6 Å². The zero-order valence-corrected chi connectivity index (χ0v) is 6.53. The Morgan fingerprint density at radius 2 is 2.55 bits per heavy atom. The first-order valence-corrected chi connectivity index (χ1v) is 3.56. The van der Waals surface area contributed by atoms with E-state index in [2.05, 4.69) is 22.8 Å². The highest BCUT2D eigenvalue weighted by Crippen LogP contribution is 1.97. The molecule has 0 aliphatic heterocycles. The lowest BCUT2D eigenvalue weighted by Crippen LogP contribution is -2.10. The Kier molecular flexibility index (Phi) is 2.48. The van der Waals surface area contributed by atoms with E-state index >= 15 is 0 Å². The average molecular weight is 173 g/mol. The number of thiol groups is 1. The van der Waals surface area contributed by atoms with Crippen LogP contribution in [0.5, 0.6) is 0 Å². The van der Waals surface area contributed by atoms with Crippen molar-refractivity contribution < 1.29 is 9.90 Å². The highest BCUT2D eigenvalue weighted by molar-refractivity contribution is 7.79. The fraction of sp³-hybridized carbons (Fsp3) is 0.400. The van der Waals surface area contributed by atoms with Crippen LogP contribution in [0.25, 0.3) is 0 Å². The largest absolute Gasteiger partial charge is 0.480 e. The molecule has 0 atom stereocenters. The van der Waals surface area contributed by atoms with Crippen LogP contribution in [0.3, 0.4) is 0 Å². The molecule has 0 aliphatic carbocycles. The van der Waals surface area contributed by atoms with Crippen molar-refractivity contribution in [2.45, 2.75) is 12.3 Å². The second-order valence-electron chi connectivity index (χ2n) is 1.93. The van der Waals surface area contributed by atoms with E-state index in [1.165, 1.54) is 10.9 Å². The van der Waals surface area contributed by atoms with E-state index in [9.17, 15) is 4.79 Å². The second-order valence-corrected chi connectivity index (χ2v) is 2.24. The maximum absolute atomic E-state index is 10.2. The minimum Gasteiger partial charge on any atom is -0.480 e. The number of aliphatic carboxylic acids is 1. The van der Waals surface area contributed by atoms with E-state index in [0.717, 1.165) is 0 Å². The molecule has 0 radical (unpaired) electrons. The number of carboxylic acid groups (broad SMARTS) is 1. The summed E-state index contributed by atoms with van der Waals surface area (Å²) in [5.41, 5.74) is 0. The van der Waals surface area contributed by atoms with Crippen molar-refractivity contribution in [1.82, 2.24) is 14.8 Å². The van der Waals surface area contributed by atoms with Gasteiger partial charge >= 0.3 is 5.97 Å². The van der Waals surface area contributed by atoms with Crippen molar-refractivity contribution in [2.24, 2.45) is 0 Å². The molecule has 0 saturated heterocycles. The molecular weight excluding hydrogens is 166 g/mol. The van der Waals surface area contributed by atoms with Crippen molar-refractivity contribution >= 4 is 18.6 Å². The summed E-state index contributed by atoms with van der Waals surface area (Å²) in [5, 5.41) is 15.6. The smallest absolute Gasteiger partial charge is 0.323 e. The predicted molar refractivity (Wildman–Crippen MR) is 40.3 cm³/mol. The summed E-state index contributed by atoms with van der Waals surface area (Å²) in [4.78, 5) is 10.2. The minimum absolute atomic E-state index is 0.108. The number of aromatic nitrogens is 3. The van der Waals surface area contributed by atoms with Crippen LogP contribution in [0.2, 0.25) is 0 Å². The molecule has 0 amide bonds. The van der Waals surface area contributed by atoms with Gasteiger partial charge in [-0.2, -0.15) is 12.6 Å². The molecule has 60 valence electrons. The SMILES string of the molecule is O=C(O)Cn1cnnc1CS. The van der Waals surface area contributed by atoms with Gasteiger partial charge in [0.05, 0.1) is 5.75 Å². The van der Waals surface area contributed by atoms with Crippen molar-refractivity contribution in [3.63, 3.8) is 0 Å². The summed E-state index contributed by atoms with van der Waals surface area (Å²) in [6.07, 6.45) is 1.37. The molecule has 1 aromatic rings. The third kappa shape index (κ3) is 1.94. The van der Waals surface area contributed by atoms with Crippen molar-refractivity contribution in [2.75, 3.05) is 0 Å². The summed E-state index contributed by atoms with van der Waals surface area (Å²) in [5.74, 6) is 0.0522. The predicted octanol–water partition coefficient (Wildman–Crippen LogP) is -0.207.